The van der Waals surface area contributed by atoms with E-state index in [4.69, 9.17) is 4.98 Å². The van der Waals surface area contributed by atoms with Crippen LogP contribution < -0.4 is 10.6 Å². The van der Waals surface area contributed by atoms with Crippen LogP contribution in [0.5, 0.6) is 0 Å². The quantitative estimate of drug-likeness (QED) is 0.0914. The second-order valence-corrected chi connectivity index (χ2v) is 14.2. The van der Waals surface area contributed by atoms with Crippen molar-refractivity contribution in [3.63, 3.8) is 0 Å². The van der Waals surface area contributed by atoms with Crippen LogP contribution in [0.25, 0.3) is 44.2 Å². The second kappa shape index (κ2) is 18.0. The molecule has 0 saturated heterocycles. The van der Waals surface area contributed by atoms with Crippen LogP contribution in [0.1, 0.15) is 49.9 Å². The van der Waals surface area contributed by atoms with Gasteiger partial charge in [0, 0.05) is 18.5 Å². The Morgan fingerprint density at radius 1 is 0.782 bits per heavy atom. The number of nitrogens with one attached hydrogen (secondary N) is 4. The number of likely N-dealkylation sites (N-methyl/N-ethyl adjacent to an activating group) is 2. The molecule has 0 aliphatic carbocycles. The Hall–Kier alpha value is -5.85. The highest BCUT2D eigenvalue weighted by Crippen LogP contribution is 2.30. The van der Waals surface area contributed by atoms with Crippen molar-refractivity contribution in [2.45, 2.75) is 45.8 Å². The predicted molar refractivity (Wildman–Crippen MR) is 218 cm³/mol. The van der Waals surface area contributed by atoms with E-state index in [1.807, 2.05) is 62.3 Å². The van der Waals surface area contributed by atoms with Gasteiger partial charge in [-0.15, -0.1) is 0 Å². The number of rotatable bonds is 17. The molecule has 0 saturated carbocycles. The number of carbonyl (C=O) groups is 3. The van der Waals surface area contributed by atoms with Gasteiger partial charge in [0.15, 0.2) is 0 Å². The SMILES string of the molecule is CCCN(Cc1nc2ccc3cc(-c4ccc(-c5cnc(CN(CCC)C(=O)[C@H](NC(=O)CN(C)C)c6ccccc6)[nH]5)cc4)ccc3c2[nH]1)C(=O)CNC. The molecule has 55 heavy (non-hydrogen) atoms. The third-order valence-corrected chi connectivity index (χ3v) is 9.49. The summed E-state index contributed by atoms with van der Waals surface area (Å²) in [6.45, 7) is 6.49. The minimum Gasteiger partial charge on any atom is -0.341 e. The van der Waals surface area contributed by atoms with Crippen molar-refractivity contribution < 1.29 is 14.4 Å². The average molecular weight is 742 g/mol. The van der Waals surface area contributed by atoms with Crippen molar-refractivity contribution in [2.75, 3.05) is 47.3 Å². The van der Waals surface area contributed by atoms with Crippen LogP contribution in [0.15, 0.2) is 91.1 Å². The highest BCUT2D eigenvalue weighted by Gasteiger charge is 2.28. The highest BCUT2D eigenvalue weighted by molar-refractivity contribution is 6.05. The van der Waals surface area contributed by atoms with Gasteiger partial charge < -0.3 is 35.3 Å². The second-order valence-electron chi connectivity index (χ2n) is 14.2. The summed E-state index contributed by atoms with van der Waals surface area (Å²) in [5.74, 6) is 1.09. The number of aromatic nitrogens is 4. The van der Waals surface area contributed by atoms with E-state index in [-0.39, 0.29) is 30.8 Å². The van der Waals surface area contributed by atoms with Crippen LogP contribution in [0.2, 0.25) is 0 Å². The standard InChI is InChI=1S/C43H51N9O3/c1-6-21-51(40(54)25-44-3)27-38-46-35-20-18-33-23-32(17-19-34(33)42(35)48-38)29-13-15-30(16-14-29)36-24-45-37(47-36)26-52(22-7-2)43(55)41(31-11-9-8-10-12-31)49-39(53)28-50(4)5/h8-20,23-24,41,44H,6-7,21-22,25-28H2,1-5H3,(H,45,47)(H,46,48)(H,49,53)/t41-/m1/s1. The zero-order chi connectivity index (χ0) is 38.9. The normalized spacial score (nSPS) is 12.0. The lowest BCUT2D eigenvalue weighted by molar-refractivity contribution is -0.137. The molecular formula is C43H51N9O3. The molecule has 2 heterocycles. The predicted octanol–water partition coefficient (Wildman–Crippen LogP) is 5.89. The maximum absolute atomic E-state index is 14.0. The van der Waals surface area contributed by atoms with Crippen LogP contribution in [0.3, 0.4) is 0 Å². The van der Waals surface area contributed by atoms with E-state index in [2.05, 4.69) is 81.0 Å². The summed E-state index contributed by atoms with van der Waals surface area (Å²) in [6.07, 6.45) is 3.43. The lowest BCUT2D eigenvalue weighted by atomic mass is 9.99. The number of amides is 3. The van der Waals surface area contributed by atoms with Gasteiger partial charge in [-0.2, -0.15) is 0 Å². The lowest BCUT2D eigenvalue weighted by Crippen LogP contribution is -2.45. The Kier molecular flexibility index (Phi) is 12.7. The number of H-pyrrole nitrogens is 2. The van der Waals surface area contributed by atoms with Gasteiger partial charge in [-0.05, 0) is 73.8 Å². The van der Waals surface area contributed by atoms with Crippen molar-refractivity contribution in [3.8, 4) is 22.4 Å². The molecule has 0 unspecified atom stereocenters. The third kappa shape index (κ3) is 9.45. The summed E-state index contributed by atoms with van der Waals surface area (Å²) < 4.78 is 0. The molecule has 4 aromatic carbocycles. The topological polar surface area (TPSA) is 142 Å². The Morgan fingerprint density at radius 3 is 2.18 bits per heavy atom. The monoisotopic (exact) mass is 741 g/mol. The number of hydrogen-bond acceptors (Lipinski definition) is 7. The number of nitrogens with zero attached hydrogens (tertiary/aromatic N) is 5. The fraction of sp³-hybridized carbons (Fsp3) is 0.326. The Morgan fingerprint density at radius 2 is 1.47 bits per heavy atom. The Balaban J connectivity index is 1.16. The summed E-state index contributed by atoms with van der Waals surface area (Å²) in [5, 5.41) is 8.08. The molecule has 0 aliphatic rings. The van der Waals surface area contributed by atoms with Crippen LogP contribution in [-0.2, 0) is 27.5 Å². The molecule has 3 amide bonds. The van der Waals surface area contributed by atoms with Crippen molar-refractivity contribution >= 4 is 39.5 Å². The molecule has 0 spiro atoms. The van der Waals surface area contributed by atoms with Crippen LogP contribution in [0, 0.1) is 0 Å². The summed E-state index contributed by atoms with van der Waals surface area (Å²) in [5.41, 5.74) is 6.58. The van der Waals surface area contributed by atoms with E-state index in [0.29, 0.717) is 32.0 Å². The van der Waals surface area contributed by atoms with Gasteiger partial charge in [-0.3, -0.25) is 14.4 Å². The fourth-order valence-corrected chi connectivity index (χ4v) is 6.88. The molecule has 0 fully saturated rings. The van der Waals surface area contributed by atoms with Crippen molar-refractivity contribution in [2.24, 2.45) is 0 Å². The number of carbonyl (C=O) groups excluding carboxylic acids is 3. The molecule has 1 atom stereocenters. The molecule has 12 nitrogen and oxygen atoms in total. The van der Waals surface area contributed by atoms with Crippen LogP contribution in [0.4, 0.5) is 0 Å². The smallest absolute Gasteiger partial charge is 0.250 e. The van der Waals surface area contributed by atoms with Crippen LogP contribution in [-0.4, -0.2) is 99.7 Å². The van der Waals surface area contributed by atoms with E-state index >= 15 is 0 Å². The first-order valence-corrected chi connectivity index (χ1v) is 18.9. The molecule has 12 heteroatoms. The van der Waals surface area contributed by atoms with Gasteiger partial charge in [-0.25, -0.2) is 9.97 Å². The third-order valence-electron chi connectivity index (χ3n) is 9.49. The van der Waals surface area contributed by atoms with E-state index in [9.17, 15) is 14.4 Å². The zero-order valence-electron chi connectivity index (χ0n) is 32.4. The largest absolute Gasteiger partial charge is 0.341 e. The Labute approximate surface area is 322 Å². The molecular weight excluding hydrogens is 691 g/mol. The van der Waals surface area contributed by atoms with Crippen LogP contribution >= 0.6 is 0 Å². The minimum absolute atomic E-state index is 0.0557. The zero-order valence-corrected chi connectivity index (χ0v) is 32.4. The van der Waals surface area contributed by atoms with Gasteiger partial charge in [-0.1, -0.05) is 86.6 Å². The highest BCUT2D eigenvalue weighted by atomic mass is 16.2. The van der Waals surface area contributed by atoms with E-state index in [1.165, 1.54) is 0 Å². The molecule has 0 bridgehead atoms. The van der Waals surface area contributed by atoms with Gasteiger partial charge in [0.1, 0.15) is 17.7 Å². The van der Waals surface area contributed by atoms with Gasteiger partial charge in [0.25, 0.3) is 0 Å². The molecule has 286 valence electrons. The number of fused-ring (bicyclic) bond motifs is 3. The van der Waals surface area contributed by atoms with E-state index in [0.717, 1.165) is 68.4 Å². The molecule has 4 N–H and O–H groups in total. The first kappa shape index (κ1) is 38.9. The molecule has 0 radical (unpaired) electrons. The van der Waals surface area contributed by atoms with Gasteiger partial charge in [0.2, 0.25) is 17.7 Å². The average Bonchev–Trinajstić information content (AvgIpc) is 3.83. The van der Waals surface area contributed by atoms with Crippen molar-refractivity contribution in [3.05, 3.63) is 108 Å². The Bertz CT molecular complexity index is 2230. The fourth-order valence-electron chi connectivity index (χ4n) is 6.88. The summed E-state index contributed by atoms with van der Waals surface area (Å²) >= 11 is 0. The molecule has 2 aromatic heterocycles. The number of imidazole rings is 2. The van der Waals surface area contributed by atoms with E-state index < -0.39 is 6.04 Å². The van der Waals surface area contributed by atoms with Crippen molar-refractivity contribution in [1.29, 1.82) is 0 Å². The number of hydrogen-bond donors (Lipinski definition) is 4. The maximum Gasteiger partial charge on any atom is 0.250 e. The summed E-state index contributed by atoms with van der Waals surface area (Å²) in [6, 6.07) is 27.4. The first-order valence-electron chi connectivity index (χ1n) is 18.9. The lowest BCUT2D eigenvalue weighted by Gasteiger charge is -2.28. The van der Waals surface area contributed by atoms with Crippen molar-refractivity contribution in [1.82, 2.24) is 45.3 Å². The summed E-state index contributed by atoms with van der Waals surface area (Å²) in [7, 11) is 5.42. The molecule has 6 rings (SSSR count). The van der Waals surface area contributed by atoms with Gasteiger partial charge in [0.05, 0.1) is 49.1 Å². The summed E-state index contributed by atoms with van der Waals surface area (Å²) in [4.78, 5) is 61.1. The first-order chi connectivity index (χ1) is 26.7. The number of aromatic amines is 2. The number of benzene rings is 4. The molecule has 0 aliphatic heterocycles. The minimum atomic E-state index is -0.804. The maximum atomic E-state index is 14.0. The molecule has 6 aromatic rings. The van der Waals surface area contributed by atoms with Gasteiger partial charge >= 0.3 is 0 Å². The van der Waals surface area contributed by atoms with E-state index in [1.54, 1.807) is 23.0 Å².